The van der Waals surface area contributed by atoms with Gasteiger partial charge in [0, 0.05) is 5.92 Å². The zero-order valence-corrected chi connectivity index (χ0v) is 27.1. The molecule has 0 amide bonds. The molecule has 9 atom stereocenters. The zero-order chi connectivity index (χ0) is 27.6. The molecular weight excluding hydrogens is 575 g/mol. The van der Waals surface area contributed by atoms with E-state index >= 15 is 0 Å². The number of nitrogens with zero attached hydrogens (tertiary/aromatic N) is 2. The van der Waals surface area contributed by atoms with Crippen molar-refractivity contribution in [3.8, 4) is 0 Å². The van der Waals surface area contributed by atoms with Crippen molar-refractivity contribution < 1.29 is 36.1 Å². The fourth-order valence-electron chi connectivity index (χ4n) is 9.33. The van der Waals surface area contributed by atoms with Crippen molar-refractivity contribution in [1.82, 2.24) is 3.11 Å². The van der Waals surface area contributed by atoms with E-state index in [4.69, 9.17) is 9.73 Å². The molecule has 1 spiro atoms. The Morgan fingerprint density at radius 1 is 1.16 bits per heavy atom. The molecule has 0 bridgehead atoms. The van der Waals surface area contributed by atoms with Crippen LogP contribution in [-0.4, -0.2) is 57.2 Å². The maximum atomic E-state index is 14.1. The molecule has 6 heteroatoms. The number of aliphatic hydroxyl groups excluding tert-OH is 1. The van der Waals surface area contributed by atoms with E-state index in [-0.39, 0.29) is 73.0 Å². The minimum absolute atomic E-state index is 0.00250. The first-order valence-corrected chi connectivity index (χ1v) is 16.7. The summed E-state index contributed by atoms with van der Waals surface area (Å²) in [6.07, 6.45) is 9.94. The van der Waals surface area contributed by atoms with Crippen LogP contribution in [0.5, 0.6) is 0 Å². The van der Waals surface area contributed by atoms with Crippen molar-refractivity contribution in [2.45, 2.75) is 103 Å². The molecule has 0 saturated heterocycles. The standard InChI is InChI=1S/C31H52IN2O3/c1-19(2)27(37-10)33-25-12-11-14-31(28(25,4)5)15-13-22-21(16-31)23(35)17-30(7)26(20(3)32-34(8)9)24(36)18-29(22,30)6/h11,14,19-22,24-26,36H,12-13,15-18H2,1-10H3/q-1/t20-,21?,22?,24+,25-,26-,29-,30+,31?/m0/s1. The largest absolute Gasteiger partial charge is 0.0540 e. The Morgan fingerprint density at radius 3 is 2.43 bits per heavy atom. The summed E-state index contributed by atoms with van der Waals surface area (Å²) in [6, 6.07) is 0.152. The smallest absolute Gasteiger partial charge is 0.0291 e. The Kier molecular flexibility index (Phi) is 8.11. The quantitative estimate of drug-likeness (QED) is 0.127. The average molecular weight is 628 g/mol. The molecule has 4 aliphatic carbocycles. The van der Waals surface area contributed by atoms with Crippen molar-refractivity contribution in [1.29, 1.82) is 0 Å². The van der Waals surface area contributed by atoms with Crippen LogP contribution in [-0.2, 0) is 9.53 Å². The fourth-order valence-corrected chi connectivity index (χ4v) is 12.7. The first kappa shape index (κ1) is 29.5. The van der Waals surface area contributed by atoms with E-state index < -0.39 is 0 Å². The summed E-state index contributed by atoms with van der Waals surface area (Å²) in [6.45, 7) is 16.1. The summed E-state index contributed by atoms with van der Waals surface area (Å²) in [5.41, 5.74) is -0.214. The number of carbonyl (C=O) groups is 1. The molecule has 0 aliphatic heterocycles. The van der Waals surface area contributed by atoms with Crippen molar-refractivity contribution in [2.75, 3.05) is 21.2 Å². The number of hydrogen-bond donors (Lipinski definition) is 1. The Hall–Kier alpha value is -0.470. The van der Waals surface area contributed by atoms with Crippen LogP contribution in [0, 0.1) is 45.3 Å². The molecule has 1 N–H and O–H groups in total. The first-order chi connectivity index (χ1) is 17.1. The molecule has 3 saturated carbocycles. The van der Waals surface area contributed by atoms with Gasteiger partial charge < -0.3 is 4.74 Å². The van der Waals surface area contributed by atoms with Gasteiger partial charge in [-0.15, -0.1) is 0 Å². The summed E-state index contributed by atoms with van der Waals surface area (Å²) < 4.78 is 8.46. The molecule has 4 aliphatic rings. The third-order valence-electron chi connectivity index (χ3n) is 11.6. The predicted molar refractivity (Wildman–Crippen MR) is 147 cm³/mol. The Labute approximate surface area is 236 Å². The van der Waals surface area contributed by atoms with Crippen molar-refractivity contribution in [2.24, 2.45) is 50.3 Å². The predicted octanol–water partition coefficient (Wildman–Crippen LogP) is 2.77. The van der Waals surface area contributed by atoms with Crippen LogP contribution in [0.2, 0.25) is 0 Å². The van der Waals surface area contributed by atoms with Crippen LogP contribution < -0.4 is 21.5 Å². The number of alkyl halides is 1. The van der Waals surface area contributed by atoms with Gasteiger partial charge in [-0.1, -0.05) is 13.8 Å². The maximum Gasteiger partial charge on any atom is 0.0291 e. The van der Waals surface area contributed by atoms with Gasteiger partial charge in [0.25, 0.3) is 0 Å². The van der Waals surface area contributed by atoms with Crippen LogP contribution in [0.25, 0.3) is 0 Å². The number of allylic oxidation sites excluding steroid dienone is 1. The van der Waals surface area contributed by atoms with E-state index in [0.717, 1.165) is 38.0 Å². The third-order valence-corrected chi connectivity index (χ3v) is 14.3. The molecule has 37 heavy (non-hydrogen) atoms. The Morgan fingerprint density at radius 2 is 1.84 bits per heavy atom. The average Bonchev–Trinajstić information content (AvgIpc) is 2.99. The van der Waals surface area contributed by atoms with Crippen molar-refractivity contribution in [3.05, 3.63) is 12.2 Å². The van der Waals surface area contributed by atoms with Gasteiger partial charge in [0.05, 0.1) is 7.11 Å². The number of rotatable bonds is 5. The van der Waals surface area contributed by atoms with Gasteiger partial charge in [0.2, 0.25) is 0 Å². The molecule has 0 aromatic heterocycles. The van der Waals surface area contributed by atoms with Gasteiger partial charge in [-0.3, -0.25) is 0 Å². The van der Waals surface area contributed by atoms with E-state index in [9.17, 15) is 9.90 Å². The fraction of sp³-hybridized carbons (Fsp3) is 0.871. The number of ether oxygens (including phenoxy) is 1. The minimum atomic E-state index is -0.305. The number of carbonyl (C=O) groups excluding carboxylic acids is 1. The molecular formula is C31H52IN2O3-. The number of fused-ring (bicyclic) bond motifs is 3. The van der Waals surface area contributed by atoms with Gasteiger partial charge in [0.1, 0.15) is 0 Å². The number of methoxy groups -OCH3 is 1. The number of halogens is 1. The Bertz CT molecular complexity index is 945. The molecule has 0 aromatic rings. The second-order valence-corrected chi connectivity index (χ2v) is 18.6. The molecule has 0 aromatic carbocycles. The molecule has 3 unspecified atom stereocenters. The number of aliphatic imine (C=N–C) groups is 1. The van der Waals surface area contributed by atoms with Crippen LogP contribution in [0.4, 0.5) is 0 Å². The normalized spacial score (nSPS) is 44.4. The number of aliphatic hydroxyl groups is 1. The minimum Gasteiger partial charge on any atom is -0.0540 e. The van der Waals surface area contributed by atoms with Gasteiger partial charge in [-0.25, -0.2) is 0 Å². The second kappa shape index (κ2) is 10.2. The Balaban J connectivity index is 1.65. The van der Waals surface area contributed by atoms with Gasteiger partial charge in [0.15, 0.2) is 0 Å². The summed E-state index contributed by atoms with van der Waals surface area (Å²) >= 11 is -0.180. The van der Waals surface area contributed by atoms with Gasteiger partial charge in [-0.05, 0) is 0 Å². The van der Waals surface area contributed by atoms with Crippen LogP contribution >= 0.6 is 0 Å². The summed E-state index contributed by atoms with van der Waals surface area (Å²) in [5, 5.41) is 11.5. The molecule has 0 radical (unpaired) electrons. The summed E-state index contributed by atoms with van der Waals surface area (Å²) in [5.74, 6) is 2.18. The van der Waals surface area contributed by atoms with E-state index in [2.05, 4.69) is 77.8 Å². The monoisotopic (exact) mass is 627 g/mol. The molecule has 212 valence electrons. The van der Waals surface area contributed by atoms with E-state index in [1.807, 2.05) is 0 Å². The molecule has 5 nitrogen and oxygen atoms in total. The first-order valence-electron chi connectivity index (χ1n) is 14.4. The SMILES string of the molecule is COC(=N[C@H]1CC=CC2(CCC3C(C2)C(=O)C[C@]2(C)[C@@H]([C@H](C)[I-]N(C)C)[C@H](O)C[C@@]32C)C1(C)C)C(C)C. The van der Waals surface area contributed by atoms with Crippen molar-refractivity contribution in [3.63, 3.8) is 0 Å². The van der Waals surface area contributed by atoms with Gasteiger partial charge >= 0.3 is 206 Å². The molecule has 3 fully saturated rings. The van der Waals surface area contributed by atoms with Crippen LogP contribution in [0.15, 0.2) is 17.1 Å². The zero-order valence-electron chi connectivity index (χ0n) is 25.0. The second-order valence-electron chi connectivity index (χ2n) is 14.1. The number of ketones is 1. The number of hydrogen-bond acceptors (Lipinski definition) is 5. The van der Waals surface area contributed by atoms with E-state index in [1.54, 1.807) is 7.11 Å². The van der Waals surface area contributed by atoms with Crippen LogP contribution in [0.3, 0.4) is 0 Å². The topological polar surface area (TPSA) is 62.1 Å². The maximum absolute atomic E-state index is 14.1. The van der Waals surface area contributed by atoms with Crippen molar-refractivity contribution >= 4 is 11.7 Å². The van der Waals surface area contributed by atoms with E-state index in [1.165, 1.54) is 0 Å². The number of Topliss-reactive ketones (excluding diaryl/α,β-unsaturated/α-hetero) is 1. The summed E-state index contributed by atoms with van der Waals surface area (Å²) in [4.78, 5) is 19.2. The van der Waals surface area contributed by atoms with E-state index in [0.29, 0.717) is 22.0 Å². The van der Waals surface area contributed by atoms with Gasteiger partial charge in [-0.2, -0.15) is 0 Å². The third kappa shape index (κ3) is 4.57. The molecule has 0 heterocycles. The summed E-state index contributed by atoms with van der Waals surface area (Å²) in [7, 11) is 6.04. The van der Waals surface area contributed by atoms with Crippen LogP contribution in [0.1, 0.15) is 87.0 Å². The molecule has 4 rings (SSSR count).